The van der Waals surface area contributed by atoms with Gasteiger partial charge in [-0.2, -0.15) is 0 Å². The van der Waals surface area contributed by atoms with Gasteiger partial charge >= 0.3 is 0 Å². The van der Waals surface area contributed by atoms with E-state index in [1.54, 1.807) is 4.90 Å². The number of nitrogens with zero attached hydrogens (tertiary/aromatic N) is 1. The van der Waals surface area contributed by atoms with Crippen LogP contribution in [0.25, 0.3) is 0 Å². The summed E-state index contributed by atoms with van der Waals surface area (Å²) in [6, 6.07) is 24.9. The van der Waals surface area contributed by atoms with Crippen LogP contribution in [0.15, 0.2) is 83.3 Å². The van der Waals surface area contributed by atoms with Gasteiger partial charge < -0.3 is 15.0 Å². The number of nitrogens with one attached hydrogen (secondary N) is 1. The van der Waals surface area contributed by atoms with Gasteiger partial charge in [-0.05, 0) is 69.5 Å². The molecule has 1 N–H and O–H groups in total. The number of rotatable bonds is 11. The van der Waals surface area contributed by atoms with Crippen molar-refractivity contribution in [2.24, 2.45) is 0 Å². The maximum Gasteiger partial charge on any atom is 0.243 e. The van der Waals surface area contributed by atoms with E-state index >= 15 is 0 Å². The van der Waals surface area contributed by atoms with E-state index in [0.717, 1.165) is 21.3 Å². The van der Waals surface area contributed by atoms with E-state index in [0.29, 0.717) is 26.0 Å². The molecule has 0 aromatic heterocycles. The van der Waals surface area contributed by atoms with E-state index in [-0.39, 0.29) is 18.2 Å². The van der Waals surface area contributed by atoms with Gasteiger partial charge in [-0.1, -0.05) is 76.1 Å². The highest BCUT2D eigenvalue weighted by Gasteiger charge is 2.32. The summed E-state index contributed by atoms with van der Waals surface area (Å²) in [6.07, 6.45) is 1.27. The molecule has 0 fully saturated rings. The first kappa shape index (κ1) is 28.5. The molecule has 0 spiro atoms. The minimum atomic E-state index is -0.647. The van der Waals surface area contributed by atoms with E-state index in [1.165, 1.54) is 5.56 Å². The van der Waals surface area contributed by atoms with Crippen LogP contribution in [-0.2, 0) is 22.6 Å². The Balaban J connectivity index is 1.81. The highest BCUT2D eigenvalue weighted by atomic mass is 79.9. The lowest BCUT2D eigenvalue weighted by Crippen LogP contribution is -2.54. The number of amides is 2. The lowest BCUT2D eigenvalue weighted by Gasteiger charge is -2.34. The van der Waals surface area contributed by atoms with Gasteiger partial charge in [0.2, 0.25) is 11.8 Å². The molecule has 2 amide bonds. The van der Waals surface area contributed by atoms with Crippen LogP contribution in [0.3, 0.4) is 0 Å². The van der Waals surface area contributed by atoms with Crippen LogP contribution in [0.5, 0.6) is 5.75 Å². The number of carbonyl (C=O) groups excluding carboxylic acids is 2. The van der Waals surface area contributed by atoms with Gasteiger partial charge in [0.15, 0.2) is 0 Å². The average molecular weight is 566 g/mol. The molecule has 3 aromatic rings. The van der Waals surface area contributed by atoms with E-state index in [9.17, 15) is 9.59 Å². The second kappa shape index (κ2) is 13.4. The molecule has 37 heavy (non-hydrogen) atoms. The van der Waals surface area contributed by atoms with Crippen molar-refractivity contribution in [1.29, 1.82) is 0 Å². The quantitative estimate of drug-likeness (QED) is 0.271. The van der Waals surface area contributed by atoms with Gasteiger partial charge in [0, 0.05) is 29.4 Å². The highest BCUT2D eigenvalue weighted by molar-refractivity contribution is 9.10. The van der Waals surface area contributed by atoms with E-state index in [2.05, 4.69) is 21.2 Å². The first-order chi connectivity index (χ1) is 17.6. The fraction of sp³-hybridized carbons (Fsp3) is 0.355. The van der Waals surface area contributed by atoms with Crippen LogP contribution in [0.1, 0.15) is 50.3 Å². The number of hydrogen-bond acceptors (Lipinski definition) is 3. The number of hydrogen-bond donors (Lipinski definition) is 1. The Morgan fingerprint density at radius 3 is 2.27 bits per heavy atom. The summed E-state index contributed by atoms with van der Waals surface area (Å²) in [7, 11) is 0. The lowest BCUT2D eigenvalue weighted by molar-refractivity contribution is -0.142. The van der Waals surface area contributed by atoms with Crippen LogP contribution in [0, 0.1) is 6.92 Å². The van der Waals surface area contributed by atoms with Gasteiger partial charge in [-0.15, -0.1) is 0 Å². The first-order valence-electron chi connectivity index (χ1n) is 12.7. The Morgan fingerprint density at radius 1 is 0.946 bits per heavy atom. The van der Waals surface area contributed by atoms with Crippen LogP contribution in [-0.4, -0.2) is 34.9 Å². The number of aryl methyl sites for hydroxylation is 1. The number of carbonyl (C=O) groups is 2. The normalized spacial score (nSPS) is 12.0. The van der Waals surface area contributed by atoms with Gasteiger partial charge in [0.05, 0.1) is 6.61 Å². The molecule has 0 aliphatic heterocycles. The van der Waals surface area contributed by atoms with Crippen LogP contribution >= 0.6 is 15.9 Å². The molecule has 6 heteroatoms. The second-order valence-corrected chi connectivity index (χ2v) is 11.3. The summed E-state index contributed by atoms with van der Waals surface area (Å²) in [4.78, 5) is 29.0. The first-order valence-corrected chi connectivity index (χ1v) is 13.5. The van der Waals surface area contributed by atoms with Crippen molar-refractivity contribution >= 4 is 27.7 Å². The zero-order valence-electron chi connectivity index (χ0n) is 22.2. The maximum atomic E-state index is 13.7. The predicted octanol–water partition coefficient (Wildman–Crippen LogP) is 6.47. The Hall–Kier alpha value is -3.12. The Kier molecular flexibility index (Phi) is 10.3. The summed E-state index contributed by atoms with van der Waals surface area (Å²) in [5.74, 6) is 0.559. The largest absolute Gasteiger partial charge is 0.494 e. The van der Waals surface area contributed by atoms with Crippen molar-refractivity contribution < 1.29 is 14.3 Å². The highest BCUT2D eigenvalue weighted by Crippen LogP contribution is 2.20. The summed E-state index contributed by atoms with van der Waals surface area (Å²) in [5.41, 5.74) is 2.72. The molecule has 3 aromatic carbocycles. The van der Waals surface area contributed by atoms with Crippen molar-refractivity contribution in [3.63, 3.8) is 0 Å². The Labute approximate surface area is 229 Å². The molecule has 0 saturated carbocycles. The van der Waals surface area contributed by atoms with Crippen LogP contribution in [0.4, 0.5) is 0 Å². The summed E-state index contributed by atoms with van der Waals surface area (Å²) < 4.78 is 6.77. The van der Waals surface area contributed by atoms with Crippen LogP contribution in [0.2, 0.25) is 0 Å². The molecule has 1 atom stereocenters. The smallest absolute Gasteiger partial charge is 0.243 e. The molecular weight excluding hydrogens is 528 g/mol. The third kappa shape index (κ3) is 9.69. The third-order valence-corrected chi connectivity index (χ3v) is 6.33. The molecule has 1 unspecified atom stereocenters. The zero-order valence-corrected chi connectivity index (χ0v) is 23.8. The van der Waals surface area contributed by atoms with Crippen molar-refractivity contribution in [1.82, 2.24) is 10.2 Å². The fourth-order valence-electron chi connectivity index (χ4n) is 4.03. The van der Waals surface area contributed by atoms with E-state index in [4.69, 9.17) is 4.74 Å². The number of benzene rings is 3. The zero-order chi connectivity index (χ0) is 26.8. The van der Waals surface area contributed by atoms with Gasteiger partial charge in [-0.3, -0.25) is 9.59 Å². The minimum Gasteiger partial charge on any atom is -0.494 e. The Morgan fingerprint density at radius 2 is 1.62 bits per heavy atom. The fourth-order valence-corrected chi connectivity index (χ4v) is 4.48. The van der Waals surface area contributed by atoms with Crippen LogP contribution < -0.4 is 10.1 Å². The summed E-state index contributed by atoms with van der Waals surface area (Å²) in [5, 5.41) is 3.10. The Bertz CT molecular complexity index is 1160. The number of halogens is 1. The average Bonchev–Trinajstić information content (AvgIpc) is 2.84. The maximum absolute atomic E-state index is 13.7. The van der Waals surface area contributed by atoms with Crippen molar-refractivity contribution in [3.8, 4) is 5.75 Å². The monoisotopic (exact) mass is 564 g/mol. The molecule has 3 rings (SSSR count). The summed E-state index contributed by atoms with van der Waals surface area (Å²) in [6.45, 7) is 8.65. The van der Waals surface area contributed by atoms with Gasteiger partial charge in [0.1, 0.15) is 11.8 Å². The molecule has 5 nitrogen and oxygen atoms in total. The molecule has 0 aliphatic carbocycles. The van der Waals surface area contributed by atoms with Gasteiger partial charge in [-0.25, -0.2) is 0 Å². The lowest BCUT2D eigenvalue weighted by atomic mass is 10.00. The minimum absolute atomic E-state index is 0.0718. The molecule has 0 radical (unpaired) electrons. The molecule has 196 valence electrons. The second-order valence-electron chi connectivity index (χ2n) is 10.4. The van der Waals surface area contributed by atoms with E-state index < -0.39 is 11.6 Å². The van der Waals surface area contributed by atoms with Gasteiger partial charge in [0.25, 0.3) is 0 Å². The third-order valence-electron chi connectivity index (χ3n) is 5.84. The topological polar surface area (TPSA) is 58.6 Å². The summed E-state index contributed by atoms with van der Waals surface area (Å²) >= 11 is 3.53. The molecular formula is C31H37BrN2O3. The SMILES string of the molecule is Cc1ccc(OCCCC(=O)N(Cc2cccc(Br)c2)C(Cc2ccccc2)C(=O)NC(C)(C)C)cc1. The van der Waals surface area contributed by atoms with E-state index in [1.807, 2.05) is 107 Å². The molecule has 0 heterocycles. The molecule has 0 bridgehead atoms. The van der Waals surface area contributed by atoms with Crippen molar-refractivity contribution in [2.45, 2.75) is 65.1 Å². The number of ether oxygens (including phenoxy) is 1. The molecule has 0 saturated heterocycles. The van der Waals surface area contributed by atoms with Crippen molar-refractivity contribution in [3.05, 3.63) is 100 Å². The predicted molar refractivity (Wildman–Crippen MR) is 152 cm³/mol. The molecule has 0 aliphatic rings. The van der Waals surface area contributed by atoms with Crippen molar-refractivity contribution in [2.75, 3.05) is 6.61 Å². The standard InChI is InChI=1S/C31H37BrN2O3/c1-23-15-17-27(18-16-23)37-19-9-14-29(35)34(22-25-12-8-13-26(32)20-25)28(30(36)33-31(2,3)4)21-24-10-6-5-7-11-24/h5-8,10-13,15-18,20,28H,9,14,19,21-22H2,1-4H3,(H,33,36).